The van der Waals surface area contributed by atoms with Crippen LogP contribution in [0.5, 0.6) is 0 Å². The number of alkyl carbamates (subject to hydrolysis) is 1. The van der Waals surface area contributed by atoms with Crippen molar-refractivity contribution in [3.8, 4) is 0 Å². The smallest absolute Gasteiger partial charge is 0.407 e. The van der Waals surface area contributed by atoms with Gasteiger partial charge < -0.3 is 14.9 Å². The van der Waals surface area contributed by atoms with Gasteiger partial charge >= 0.3 is 6.09 Å². The molecule has 2 fully saturated rings. The summed E-state index contributed by atoms with van der Waals surface area (Å²) in [5, 5.41) is 13.1. The molecule has 7 atom stereocenters. The van der Waals surface area contributed by atoms with Gasteiger partial charge in [-0.3, -0.25) is 10.2 Å². The number of nitrogens with one attached hydrogen (secondary N) is 2. The zero-order valence-corrected chi connectivity index (χ0v) is 20.8. The largest absolute Gasteiger partial charge is 0.447 e. The lowest BCUT2D eigenvalue weighted by molar-refractivity contribution is -0.145. The molecule has 7 heteroatoms. The predicted octanol–water partition coefficient (Wildman–Crippen LogP) is 5.57. The van der Waals surface area contributed by atoms with Crippen LogP contribution in [0, 0.1) is 39.9 Å². The molecule has 0 aromatic carbocycles. The van der Waals surface area contributed by atoms with E-state index in [9.17, 15) is 9.59 Å². The van der Waals surface area contributed by atoms with Crippen LogP contribution in [0.4, 0.5) is 4.79 Å². The second-order valence-electron chi connectivity index (χ2n) is 10.4. The molecule has 0 aromatic rings. The minimum Gasteiger partial charge on any atom is -0.447 e. The molecule has 2 N–H and O–H groups in total. The van der Waals surface area contributed by atoms with E-state index in [0.29, 0.717) is 35.9 Å². The summed E-state index contributed by atoms with van der Waals surface area (Å²) in [5.41, 5.74) is -0.0160. The minimum absolute atomic E-state index is 0.0857. The van der Waals surface area contributed by atoms with Crippen molar-refractivity contribution in [2.24, 2.45) is 39.7 Å². The molecular formula is C25H43N3O4. The highest BCUT2D eigenvalue weighted by atomic mass is 16.6. The molecule has 0 heterocycles. The zero-order valence-electron chi connectivity index (χ0n) is 20.8. The lowest BCUT2D eigenvalue weighted by atomic mass is 9.46. The fraction of sp³-hybridized carbons (Fsp3) is 0.840. The maximum atomic E-state index is 12.8. The van der Waals surface area contributed by atoms with Gasteiger partial charge in [-0.1, -0.05) is 46.2 Å². The fourth-order valence-corrected chi connectivity index (χ4v) is 6.69. The Labute approximate surface area is 193 Å². The first-order chi connectivity index (χ1) is 15.0. The molecule has 2 rings (SSSR count). The number of Topliss-reactive ketones (excluding diaryl/α,β-unsaturated/α-hetero) is 1. The minimum atomic E-state index is -0.554. The van der Waals surface area contributed by atoms with Gasteiger partial charge in [0.15, 0.2) is 0 Å². The molecule has 2 aliphatic carbocycles. The Hall–Kier alpha value is -1.92. The number of oxime groups is 1. The van der Waals surface area contributed by atoms with E-state index in [1.807, 2.05) is 13.8 Å². The first kappa shape index (κ1) is 26.3. The van der Waals surface area contributed by atoms with Crippen molar-refractivity contribution < 1.29 is 19.2 Å². The first-order valence-electron chi connectivity index (χ1n) is 12.2. The SMILES string of the molecule is C=NOC(=N)CNC(=O)OC(C)CC1CCC2C(C)C(C)(C(=O)CC)CCC2C1(C)CC. The van der Waals surface area contributed by atoms with Crippen LogP contribution < -0.4 is 5.32 Å². The average molecular weight is 450 g/mol. The second-order valence-corrected chi connectivity index (χ2v) is 10.4. The molecule has 0 saturated heterocycles. The molecule has 1 amide bonds. The van der Waals surface area contributed by atoms with Gasteiger partial charge in [0.05, 0.1) is 6.54 Å². The Balaban J connectivity index is 2.02. The lowest BCUT2D eigenvalue weighted by Gasteiger charge is -2.59. The lowest BCUT2D eigenvalue weighted by Crippen LogP contribution is -2.53. The molecule has 7 unspecified atom stereocenters. The molecule has 2 aliphatic rings. The maximum absolute atomic E-state index is 12.8. The summed E-state index contributed by atoms with van der Waals surface area (Å²) in [5.74, 6) is 2.28. The molecule has 0 aromatic heterocycles. The van der Waals surface area contributed by atoms with Crippen molar-refractivity contribution >= 4 is 24.5 Å². The van der Waals surface area contributed by atoms with Crippen molar-refractivity contribution in [3.63, 3.8) is 0 Å². The third-order valence-electron chi connectivity index (χ3n) is 8.98. The van der Waals surface area contributed by atoms with Crippen LogP contribution in [0.15, 0.2) is 5.16 Å². The van der Waals surface area contributed by atoms with Gasteiger partial charge in [0.2, 0.25) is 5.90 Å². The second kappa shape index (κ2) is 10.8. The van der Waals surface area contributed by atoms with E-state index in [4.69, 9.17) is 10.1 Å². The molecule has 2 saturated carbocycles. The Morgan fingerprint density at radius 1 is 1.25 bits per heavy atom. The third kappa shape index (κ3) is 5.34. The molecule has 182 valence electrons. The number of ketones is 1. The average Bonchev–Trinajstić information content (AvgIpc) is 2.76. The normalized spacial score (nSPS) is 35.2. The van der Waals surface area contributed by atoms with Crippen LogP contribution in [0.3, 0.4) is 0 Å². The van der Waals surface area contributed by atoms with E-state index in [-0.39, 0.29) is 29.4 Å². The predicted molar refractivity (Wildman–Crippen MR) is 127 cm³/mol. The number of carbonyl (C=O) groups is 2. The Morgan fingerprint density at radius 3 is 2.53 bits per heavy atom. The van der Waals surface area contributed by atoms with E-state index in [0.717, 1.165) is 38.5 Å². The van der Waals surface area contributed by atoms with Crippen LogP contribution in [-0.2, 0) is 14.4 Å². The van der Waals surface area contributed by atoms with Crippen LogP contribution in [0.25, 0.3) is 0 Å². The van der Waals surface area contributed by atoms with Crippen molar-refractivity contribution in [3.05, 3.63) is 0 Å². The monoisotopic (exact) mass is 449 g/mol. The Bertz CT molecular complexity index is 711. The van der Waals surface area contributed by atoms with Gasteiger partial charge in [0.25, 0.3) is 0 Å². The summed E-state index contributed by atoms with van der Waals surface area (Å²) in [4.78, 5) is 29.4. The first-order valence-corrected chi connectivity index (χ1v) is 12.2. The Kier molecular flexibility index (Phi) is 8.89. The van der Waals surface area contributed by atoms with Gasteiger partial charge in [0, 0.05) is 18.6 Å². The highest BCUT2D eigenvalue weighted by Gasteiger charge is 2.55. The van der Waals surface area contributed by atoms with Crippen molar-refractivity contribution in [2.75, 3.05) is 6.54 Å². The maximum Gasteiger partial charge on any atom is 0.407 e. The standard InChI is InChI=1S/C25H43N3O4/c1-8-21(29)25(6)13-12-20-19(17(25)4)11-10-18(24(20,5)9-2)14-16(3)31-23(30)28-15-22(26)32-27-7/h16-20,26H,7-15H2,1-6H3,(H,28,30). The number of ether oxygens (including phenoxy) is 1. The highest BCUT2D eigenvalue weighted by molar-refractivity contribution is 5.84. The number of hydrogen-bond donors (Lipinski definition) is 2. The number of hydrogen-bond acceptors (Lipinski definition) is 6. The molecule has 32 heavy (non-hydrogen) atoms. The van der Waals surface area contributed by atoms with Crippen LogP contribution in [0.2, 0.25) is 0 Å². The number of carbonyl (C=O) groups excluding carboxylic acids is 2. The van der Waals surface area contributed by atoms with Crippen LogP contribution in [-0.4, -0.2) is 37.1 Å². The quantitative estimate of drug-likeness (QED) is 0.273. The molecule has 7 nitrogen and oxygen atoms in total. The molecule has 0 radical (unpaired) electrons. The molecular weight excluding hydrogens is 406 g/mol. The molecule has 0 spiro atoms. The fourth-order valence-electron chi connectivity index (χ4n) is 6.69. The van der Waals surface area contributed by atoms with Gasteiger partial charge in [0.1, 0.15) is 11.9 Å². The van der Waals surface area contributed by atoms with Crippen LogP contribution >= 0.6 is 0 Å². The van der Waals surface area contributed by atoms with Gasteiger partial charge in [-0.2, -0.15) is 0 Å². The van der Waals surface area contributed by atoms with E-state index >= 15 is 0 Å². The van der Waals surface area contributed by atoms with E-state index in [1.165, 1.54) is 0 Å². The van der Waals surface area contributed by atoms with Gasteiger partial charge in [-0.25, -0.2) is 4.79 Å². The summed E-state index contributed by atoms with van der Waals surface area (Å²) >= 11 is 0. The molecule has 0 aliphatic heterocycles. The molecule has 0 bridgehead atoms. The number of nitrogens with zero attached hydrogens (tertiary/aromatic N) is 1. The number of rotatable bonds is 9. The zero-order chi connectivity index (χ0) is 24.1. The van der Waals surface area contributed by atoms with E-state index < -0.39 is 6.09 Å². The third-order valence-corrected chi connectivity index (χ3v) is 8.98. The highest BCUT2D eigenvalue weighted by Crippen LogP contribution is 2.61. The van der Waals surface area contributed by atoms with Crippen molar-refractivity contribution in [1.29, 1.82) is 5.41 Å². The van der Waals surface area contributed by atoms with Gasteiger partial charge in [-0.05, 0) is 68.1 Å². The summed E-state index contributed by atoms with van der Waals surface area (Å²) in [6, 6.07) is 0. The van der Waals surface area contributed by atoms with Crippen molar-refractivity contribution in [1.82, 2.24) is 5.32 Å². The number of fused-ring (bicyclic) bond motifs is 1. The Morgan fingerprint density at radius 2 is 1.94 bits per heavy atom. The topological polar surface area (TPSA) is 101 Å². The van der Waals surface area contributed by atoms with Crippen LogP contribution in [0.1, 0.15) is 86.5 Å². The summed E-state index contributed by atoms with van der Waals surface area (Å²) in [6.45, 7) is 16.2. The summed E-state index contributed by atoms with van der Waals surface area (Å²) in [7, 11) is 0. The summed E-state index contributed by atoms with van der Waals surface area (Å²) < 4.78 is 5.56. The van der Waals surface area contributed by atoms with Gasteiger partial charge in [-0.15, -0.1) is 0 Å². The van der Waals surface area contributed by atoms with E-state index in [2.05, 4.69) is 49.7 Å². The summed E-state index contributed by atoms with van der Waals surface area (Å²) in [6.07, 6.45) is 6.09. The van der Waals surface area contributed by atoms with E-state index in [1.54, 1.807) is 0 Å². The number of amides is 1. The van der Waals surface area contributed by atoms with Crippen molar-refractivity contribution in [2.45, 2.75) is 92.6 Å².